The average Bonchev–Trinajstić information content (AvgIpc) is 3.74. The fourth-order valence-corrected chi connectivity index (χ4v) is 9.37. The van der Waals surface area contributed by atoms with Crippen molar-refractivity contribution in [2.45, 2.75) is 128 Å². The minimum absolute atomic E-state index is 0.00963. The number of carbonyl (C=O) groups is 1. The number of hydrogen-bond donors (Lipinski definition) is 0. The SMILES string of the molecule is Cc1nc2c(s1)CC[C@H]2c1nc2ccc(C[C@@H]3CC[C@H]([C@H](O[Si](C)(C)C(C)(C)C)c4ccccc4)N3C(=O)OC(C)(C)C)cc2n1C. The van der Waals surface area contributed by atoms with Crippen molar-refractivity contribution in [1.82, 2.24) is 19.4 Å². The number of rotatable bonds is 7. The van der Waals surface area contributed by atoms with Gasteiger partial charge in [0.15, 0.2) is 8.32 Å². The lowest BCUT2D eigenvalue weighted by Gasteiger charge is -2.43. The van der Waals surface area contributed by atoms with Crippen LogP contribution in [0, 0.1) is 6.92 Å². The highest BCUT2D eigenvalue weighted by molar-refractivity contribution is 7.11. The van der Waals surface area contributed by atoms with Crippen molar-refractivity contribution in [3.8, 4) is 0 Å². The summed E-state index contributed by atoms with van der Waals surface area (Å²) in [4.78, 5) is 27.6. The fraction of sp³-hybridized carbons (Fsp3) is 0.553. The van der Waals surface area contributed by atoms with Crippen LogP contribution in [0.15, 0.2) is 48.5 Å². The Morgan fingerprint density at radius 3 is 2.43 bits per heavy atom. The Kier molecular flexibility index (Phi) is 8.98. The van der Waals surface area contributed by atoms with Gasteiger partial charge in [0.2, 0.25) is 0 Å². The summed E-state index contributed by atoms with van der Waals surface area (Å²) >= 11 is 1.82. The van der Waals surface area contributed by atoms with E-state index in [9.17, 15) is 4.79 Å². The summed E-state index contributed by atoms with van der Waals surface area (Å²) in [6.45, 7) is 19.3. The highest BCUT2D eigenvalue weighted by atomic mass is 32.1. The van der Waals surface area contributed by atoms with E-state index in [1.807, 2.05) is 43.1 Å². The minimum atomic E-state index is -2.18. The molecule has 2 aromatic heterocycles. The van der Waals surface area contributed by atoms with Gasteiger partial charge in [0.1, 0.15) is 11.4 Å². The number of amides is 1. The molecule has 0 bridgehead atoms. The van der Waals surface area contributed by atoms with Crippen molar-refractivity contribution < 1.29 is 14.0 Å². The second-order valence-corrected chi connectivity index (χ2v) is 22.1. The summed E-state index contributed by atoms with van der Waals surface area (Å²) in [6.07, 6.45) is 4.13. The first-order valence-electron chi connectivity index (χ1n) is 17.2. The van der Waals surface area contributed by atoms with Crippen LogP contribution in [0.1, 0.15) is 105 Å². The van der Waals surface area contributed by atoms with E-state index in [-0.39, 0.29) is 35.2 Å². The van der Waals surface area contributed by atoms with Gasteiger partial charge >= 0.3 is 6.09 Å². The predicted molar refractivity (Wildman–Crippen MR) is 194 cm³/mol. The van der Waals surface area contributed by atoms with E-state index >= 15 is 0 Å². The monoisotopic (exact) mass is 672 g/mol. The Morgan fingerprint density at radius 1 is 1.02 bits per heavy atom. The number of aromatic nitrogens is 3. The standard InChI is InChI=1S/C38H52N4O3SSi/c1-24-39-33-28(18-21-32(33)46-24)35-40-29-19-16-25(23-31(29)41(35)8)22-27-17-20-30(42(27)36(43)44-37(2,3)4)34(26-14-12-11-13-15-26)45-47(9,10)38(5,6)7/h11-16,19,23,27-28,30,34H,17-18,20-22H2,1-10H3/t27-,28+,30+,34+/m0/s1. The summed E-state index contributed by atoms with van der Waals surface area (Å²) in [5.74, 6) is 1.33. The van der Waals surface area contributed by atoms with Gasteiger partial charge in [-0.15, -0.1) is 11.3 Å². The van der Waals surface area contributed by atoms with Crippen LogP contribution in [0.2, 0.25) is 18.1 Å². The molecule has 4 atom stereocenters. The van der Waals surface area contributed by atoms with E-state index in [1.165, 1.54) is 16.1 Å². The van der Waals surface area contributed by atoms with Gasteiger partial charge in [0.25, 0.3) is 0 Å². The molecular weight excluding hydrogens is 621 g/mol. The molecular formula is C38H52N4O3SSi. The number of hydrogen-bond acceptors (Lipinski definition) is 6. The van der Waals surface area contributed by atoms with E-state index < -0.39 is 13.9 Å². The van der Waals surface area contributed by atoms with Gasteiger partial charge in [0.05, 0.1) is 39.8 Å². The first-order chi connectivity index (χ1) is 22.0. The van der Waals surface area contributed by atoms with Gasteiger partial charge in [-0.25, -0.2) is 14.8 Å². The van der Waals surface area contributed by atoms with Crippen molar-refractivity contribution in [3.05, 3.63) is 81.1 Å². The maximum atomic E-state index is 14.1. The molecule has 1 saturated heterocycles. The molecule has 0 radical (unpaired) electrons. The molecule has 2 aliphatic rings. The van der Waals surface area contributed by atoms with Crippen molar-refractivity contribution in [2.75, 3.05) is 0 Å². The van der Waals surface area contributed by atoms with Gasteiger partial charge in [0, 0.05) is 18.0 Å². The molecule has 47 heavy (non-hydrogen) atoms. The lowest BCUT2D eigenvalue weighted by molar-refractivity contribution is -0.00238. The van der Waals surface area contributed by atoms with Gasteiger partial charge in [-0.3, -0.25) is 4.90 Å². The number of carbonyl (C=O) groups excluding carboxylic acids is 1. The third-order valence-corrected chi connectivity index (χ3v) is 15.9. The van der Waals surface area contributed by atoms with E-state index in [2.05, 4.69) is 94.9 Å². The Balaban J connectivity index is 1.32. The number of imidazole rings is 1. The van der Waals surface area contributed by atoms with E-state index in [4.69, 9.17) is 19.1 Å². The fourth-order valence-electron chi connectivity index (χ4n) is 7.08. The number of benzene rings is 2. The zero-order valence-electron chi connectivity index (χ0n) is 29.9. The molecule has 0 N–H and O–H groups in total. The number of nitrogens with zero attached hydrogens (tertiary/aromatic N) is 4. The third kappa shape index (κ3) is 6.81. The van der Waals surface area contributed by atoms with Crippen LogP contribution < -0.4 is 0 Å². The van der Waals surface area contributed by atoms with Crippen molar-refractivity contribution >= 4 is 36.8 Å². The maximum Gasteiger partial charge on any atom is 0.410 e. The summed E-state index contributed by atoms with van der Waals surface area (Å²) in [6, 6.07) is 16.9. The molecule has 7 nitrogen and oxygen atoms in total. The summed E-state index contributed by atoms with van der Waals surface area (Å²) < 4.78 is 15.6. The van der Waals surface area contributed by atoms with Gasteiger partial charge in [-0.05, 0) is 101 Å². The molecule has 3 heterocycles. The molecule has 0 unspecified atom stereocenters. The molecule has 1 aliphatic heterocycles. The number of likely N-dealkylation sites (tertiary alicyclic amines) is 1. The highest BCUT2D eigenvalue weighted by Crippen LogP contribution is 2.45. The van der Waals surface area contributed by atoms with Crippen molar-refractivity contribution in [2.24, 2.45) is 7.05 Å². The minimum Gasteiger partial charge on any atom is -0.444 e. The molecule has 4 aromatic rings. The Hall–Kier alpha value is -3.01. The Labute approximate surface area is 285 Å². The molecule has 1 aliphatic carbocycles. The van der Waals surface area contributed by atoms with Crippen LogP contribution in [0.4, 0.5) is 4.79 Å². The third-order valence-electron chi connectivity index (χ3n) is 10.4. The predicted octanol–water partition coefficient (Wildman–Crippen LogP) is 9.49. The molecule has 1 amide bonds. The normalized spacial score (nSPS) is 21.0. The molecule has 0 saturated carbocycles. The quantitative estimate of drug-likeness (QED) is 0.183. The van der Waals surface area contributed by atoms with E-state index in [1.54, 1.807) is 0 Å². The van der Waals surface area contributed by atoms with Crippen LogP contribution in [-0.4, -0.2) is 51.5 Å². The second-order valence-electron chi connectivity index (χ2n) is 16.1. The second kappa shape index (κ2) is 12.5. The summed E-state index contributed by atoms with van der Waals surface area (Å²) in [7, 11) is -0.0528. The molecule has 9 heteroatoms. The van der Waals surface area contributed by atoms with Crippen molar-refractivity contribution in [1.29, 1.82) is 0 Å². The Morgan fingerprint density at radius 2 is 1.74 bits per heavy atom. The number of aryl methyl sites for hydroxylation is 3. The summed E-state index contributed by atoms with van der Waals surface area (Å²) in [5.41, 5.74) is 5.06. The van der Waals surface area contributed by atoms with Crippen LogP contribution in [-0.2, 0) is 29.1 Å². The lowest BCUT2D eigenvalue weighted by Crippen LogP contribution is -2.50. The van der Waals surface area contributed by atoms with Gasteiger partial charge in [-0.2, -0.15) is 0 Å². The van der Waals surface area contributed by atoms with Crippen LogP contribution in [0.3, 0.4) is 0 Å². The van der Waals surface area contributed by atoms with Crippen LogP contribution >= 0.6 is 11.3 Å². The molecule has 2 aromatic carbocycles. The Bertz CT molecular complexity index is 1750. The molecule has 0 spiro atoms. The van der Waals surface area contributed by atoms with E-state index in [0.29, 0.717) is 0 Å². The molecule has 252 valence electrons. The topological polar surface area (TPSA) is 69.5 Å². The van der Waals surface area contributed by atoms with E-state index in [0.717, 1.165) is 59.5 Å². The smallest absolute Gasteiger partial charge is 0.410 e. The first kappa shape index (κ1) is 33.9. The van der Waals surface area contributed by atoms with Gasteiger partial charge in [-0.1, -0.05) is 57.2 Å². The zero-order valence-corrected chi connectivity index (χ0v) is 31.7. The average molecular weight is 673 g/mol. The lowest BCUT2D eigenvalue weighted by atomic mass is 10.0. The van der Waals surface area contributed by atoms with Crippen LogP contribution in [0.5, 0.6) is 0 Å². The van der Waals surface area contributed by atoms with Gasteiger partial charge < -0.3 is 13.7 Å². The molecule has 6 rings (SSSR count). The van der Waals surface area contributed by atoms with Crippen molar-refractivity contribution in [3.63, 3.8) is 0 Å². The number of thiazole rings is 1. The number of ether oxygens (including phenoxy) is 1. The molecule has 1 fully saturated rings. The first-order valence-corrected chi connectivity index (χ1v) is 20.9. The summed E-state index contributed by atoms with van der Waals surface area (Å²) in [5, 5.41) is 1.17. The largest absolute Gasteiger partial charge is 0.444 e. The zero-order chi connectivity index (χ0) is 33.9. The van der Waals surface area contributed by atoms with Crippen LogP contribution in [0.25, 0.3) is 11.0 Å². The number of fused-ring (bicyclic) bond motifs is 2. The maximum absolute atomic E-state index is 14.1. The highest BCUT2D eigenvalue weighted by Gasteiger charge is 2.47.